The summed E-state index contributed by atoms with van der Waals surface area (Å²) in [6.45, 7) is -0.191. The van der Waals surface area contributed by atoms with Crippen molar-refractivity contribution in [3.05, 3.63) is 66.9 Å². The van der Waals surface area contributed by atoms with Gasteiger partial charge in [0.2, 0.25) is 5.91 Å². The van der Waals surface area contributed by atoms with Gasteiger partial charge in [0.15, 0.2) is 0 Å². The van der Waals surface area contributed by atoms with E-state index in [0.29, 0.717) is 6.04 Å². The zero-order valence-corrected chi connectivity index (χ0v) is 16.2. The summed E-state index contributed by atoms with van der Waals surface area (Å²) in [6.07, 6.45) is 12.6. The highest BCUT2D eigenvalue weighted by Crippen LogP contribution is 2.30. The monoisotopic (exact) mass is 391 g/mol. The third-order valence-electron chi connectivity index (χ3n) is 5.58. The molecule has 1 aromatic carbocycles. The van der Waals surface area contributed by atoms with Crippen molar-refractivity contribution in [2.24, 2.45) is 0 Å². The van der Waals surface area contributed by atoms with E-state index in [0.717, 1.165) is 42.5 Å². The number of nitrogens with zero attached hydrogens (tertiary/aromatic N) is 4. The number of hydrogen-bond acceptors (Lipinski definition) is 5. The van der Waals surface area contributed by atoms with Gasteiger partial charge in [-0.25, -0.2) is 0 Å². The Hall–Kier alpha value is -3.06. The van der Waals surface area contributed by atoms with Crippen LogP contribution < -0.4 is 5.32 Å². The molecular formula is C22H25N5O2. The van der Waals surface area contributed by atoms with Crippen molar-refractivity contribution in [2.45, 2.75) is 43.7 Å². The number of benzene rings is 1. The number of aliphatic hydroxyl groups is 1. The molecule has 150 valence electrons. The SMILES string of the molecule is O=C(NC1CCC(n2cc(-c3cnccn3)cn2)CC1)C(CO)c1ccccc1. The molecule has 1 unspecified atom stereocenters. The van der Waals surface area contributed by atoms with Crippen LogP contribution in [0, 0.1) is 0 Å². The lowest BCUT2D eigenvalue weighted by Gasteiger charge is -2.30. The van der Waals surface area contributed by atoms with Crippen molar-refractivity contribution in [1.82, 2.24) is 25.1 Å². The average Bonchev–Trinajstić information content (AvgIpc) is 3.26. The molecular weight excluding hydrogens is 366 g/mol. The third-order valence-corrected chi connectivity index (χ3v) is 5.58. The summed E-state index contributed by atoms with van der Waals surface area (Å²) in [4.78, 5) is 21.1. The highest BCUT2D eigenvalue weighted by atomic mass is 16.3. The van der Waals surface area contributed by atoms with Crippen LogP contribution in [0.3, 0.4) is 0 Å². The van der Waals surface area contributed by atoms with E-state index in [1.807, 2.05) is 47.4 Å². The molecule has 1 aliphatic rings. The fourth-order valence-corrected chi connectivity index (χ4v) is 3.93. The number of nitrogens with one attached hydrogen (secondary N) is 1. The van der Waals surface area contributed by atoms with Crippen LogP contribution in [0.25, 0.3) is 11.3 Å². The van der Waals surface area contributed by atoms with Crippen molar-refractivity contribution in [1.29, 1.82) is 0 Å². The Morgan fingerprint density at radius 3 is 2.62 bits per heavy atom. The van der Waals surface area contributed by atoms with E-state index in [1.54, 1.807) is 18.6 Å². The first-order valence-corrected chi connectivity index (χ1v) is 10.0. The van der Waals surface area contributed by atoms with Crippen molar-refractivity contribution in [2.75, 3.05) is 6.61 Å². The second kappa shape index (κ2) is 8.96. The Kier molecular flexibility index (Phi) is 5.95. The summed E-state index contributed by atoms with van der Waals surface area (Å²) in [7, 11) is 0. The summed E-state index contributed by atoms with van der Waals surface area (Å²) in [5.41, 5.74) is 2.62. The molecule has 0 saturated heterocycles. The van der Waals surface area contributed by atoms with Gasteiger partial charge in [0, 0.05) is 30.2 Å². The van der Waals surface area contributed by atoms with Gasteiger partial charge in [-0.05, 0) is 31.2 Å². The number of aliphatic hydroxyl groups excluding tert-OH is 1. The van der Waals surface area contributed by atoms with Crippen LogP contribution in [0.5, 0.6) is 0 Å². The Bertz CT molecular complexity index is 921. The van der Waals surface area contributed by atoms with Gasteiger partial charge in [0.05, 0.1) is 36.7 Å². The minimum atomic E-state index is -0.519. The van der Waals surface area contributed by atoms with Gasteiger partial charge in [0.1, 0.15) is 0 Å². The largest absolute Gasteiger partial charge is 0.395 e. The molecule has 1 saturated carbocycles. The van der Waals surface area contributed by atoms with Crippen LogP contribution in [0.4, 0.5) is 0 Å². The molecule has 0 bridgehead atoms. The average molecular weight is 391 g/mol. The van der Waals surface area contributed by atoms with E-state index < -0.39 is 5.92 Å². The van der Waals surface area contributed by atoms with Crippen LogP contribution in [0.15, 0.2) is 61.3 Å². The number of carbonyl (C=O) groups is 1. The molecule has 0 spiro atoms. The predicted octanol–water partition coefficient (Wildman–Crippen LogP) is 2.72. The highest BCUT2D eigenvalue weighted by molar-refractivity contribution is 5.84. The number of carbonyl (C=O) groups excluding carboxylic acids is 1. The van der Waals surface area contributed by atoms with Crippen molar-refractivity contribution in [3.8, 4) is 11.3 Å². The van der Waals surface area contributed by atoms with Gasteiger partial charge in [-0.2, -0.15) is 5.10 Å². The zero-order chi connectivity index (χ0) is 20.1. The van der Waals surface area contributed by atoms with E-state index in [4.69, 9.17) is 0 Å². The Morgan fingerprint density at radius 1 is 1.14 bits per heavy atom. The molecule has 4 rings (SSSR count). The molecule has 29 heavy (non-hydrogen) atoms. The van der Waals surface area contributed by atoms with Gasteiger partial charge in [-0.3, -0.25) is 19.4 Å². The number of aromatic nitrogens is 4. The maximum Gasteiger partial charge on any atom is 0.230 e. The topological polar surface area (TPSA) is 92.9 Å². The Labute approximate surface area is 169 Å². The van der Waals surface area contributed by atoms with Gasteiger partial charge in [-0.15, -0.1) is 0 Å². The van der Waals surface area contributed by atoms with E-state index in [2.05, 4.69) is 20.4 Å². The first-order chi connectivity index (χ1) is 14.2. The van der Waals surface area contributed by atoms with Gasteiger partial charge < -0.3 is 10.4 Å². The molecule has 0 radical (unpaired) electrons. The normalized spacial score (nSPS) is 20.2. The first kappa shape index (κ1) is 19.3. The van der Waals surface area contributed by atoms with E-state index in [1.165, 1.54) is 0 Å². The minimum absolute atomic E-state index is 0.105. The number of hydrogen-bond donors (Lipinski definition) is 2. The van der Waals surface area contributed by atoms with Crippen LogP contribution in [-0.2, 0) is 4.79 Å². The molecule has 2 N–H and O–H groups in total. The van der Waals surface area contributed by atoms with Crippen LogP contribution >= 0.6 is 0 Å². The van der Waals surface area contributed by atoms with E-state index in [-0.39, 0.29) is 18.6 Å². The van der Waals surface area contributed by atoms with E-state index >= 15 is 0 Å². The van der Waals surface area contributed by atoms with Crippen molar-refractivity contribution in [3.63, 3.8) is 0 Å². The van der Waals surface area contributed by atoms with Crippen molar-refractivity contribution < 1.29 is 9.90 Å². The summed E-state index contributed by atoms with van der Waals surface area (Å²) < 4.78 is 2.00. The molecule has 3 aromatic rings. The lowest BCUT2D eigenvalue weighted by Crippen LogP contribution is -2.41. The lowest BCUT2D eigenvalue weighted by atomic mass is 9.90. The summed E-state index contributed by atoms with van der Waals surface area (Å²) in [6, 6.07) is 9.88. The quantitative estimate of drug-likeness (QED) is 0.674. The molecule has 1 fully saturated rings. The maximum absolute atomic E-state index is 12.7. The molecule has 1 atom stereocenters. The molecule has 1 amide bonds. The van der Waals surface area contributed by atoms with Gasteiger partial charge in [0.25, 0.3) is 0 Å². The summed E-state index contributed by atoms with van der Waals surface area (Å²) in [5.74, 6) is -0.624. The summed E-state index contributed by atoms with van der Waals surface area (Å²) in [5, 5.41) is 17.3. The molecule has 2 heterocycles. The Morgan fingerprint density at radius 2 is 1.93 bits per heavy atom. The number of rotatable bonds is 6. The predicted molar refractivity (Wildman–Crippen MR) is 109 cm³/mol. The third kappa shape index (κ3) is 4.51. The Balaban J connectivity index is 1.33. The fraction of sp³-hybridized carbons (Fsp3) is 0.364. The fourth-order valence-electron chi connectivity index (χ4n) is 3.93. The van der Waals surface area contributed by atoms with E-state index in [9.17, 15) is 9.90 Å². The standard InChI is InChI=1S/C22H25N5O2/c28-15-20(16-4-2-1-3-5-16)22(29)26-18-6-8-19(9-7-18)27-14-17(12-25-27)21-13-23-10-11-24-21/h1-5,10-14,18-20,28H,6-9,15H2,(H,26,29). The minimum Gasteiger partial charge on any atom is -0.395 e. The number of amides is 1. The molecule has 7 nitrogen and oxygen atoms in total. The zero-order valence-electron chi connectivity index (χ0n) is 16.2. The molecule has 2 aromatic heterocycles. The summed E-state index contributed by atoms with van der Waals surface area (Å²) >= 11 is 0. The van der Waals surface area contributed by atoms with Crippen LogP contribution in [-0.4, -0.2) is 43.4 Å². The lowest BCUT2D eigenvalue weighted by molar-refractivity contribution is -0.124. The highest BCUT2D eigenvalue weighted by Gasteiger charge is 2.27. The smallest absolute Gasteiger partial charge is 0.230 e. The molecule has 7 heteroatoms. The molecule has 0 aliphatic heterocycles. The van der Waals surface area contributed by atoms with Crippen LogP contribution in [0.1, 0.15) is 43.2 Å². The molecule has 1 aliphatic carbocycles. The second-order valence-electron chi connectivity index (χ2n) is 7.46. The van der Waals surface area contributed by atoms with Gasteiger partial charge in [-0.1, -0.05) is 30.3 Å². The van der Waals surface area contributed by atoms with Gasteiger partial charge >= 0.3 is 0 Å². The van der Waals surface area contributed by atoms with Crippen LogP contribution in [0.2, 0.25) is 0 Å². The van der Waals surface area contributed by atoms with Crippen molar-refractivity contribution >= 4 is 5.91 Å². The second-order valence-corrected chi connectivity index (χ2v) is 7.46. The maximum atomic E-state index is 12.7. The first-order valence-electron chi connectivity index (χ1n) is 10.0.